The summed E-state index contributed by atoms with van der Waals surface area (Å²) in [4.78, 5) is 15.2. The Balaban J connectivity index is 1.38. The minimum absolute atomic E-state index is 0.00899. The second kappa shape index (κ2) is 8.30. The van der Waals surface area contributed by atoms with Gasteiger partial charge in [0.1, 0.15) is 11.1 Å². The molecule has 1 aliphatic heterocycles. The first kappa shape index (κ1) is 18.9. The molecule has 0 saturated heterocycles. The first-order valence-corrected chi connectivity index (χ1v) is 10.9. The van der Waals surface area contributed by atoms with E-state index in [0.29, 0.717) is 18.0 Å². The standard InChI is InChI=1S/C23H25N3OS/c1-16-7-8-19-20(14-24)23(28-21(19)13-16)25-22(27)15-26-11-9-18(10-12-26)17-5-3-2-4-6-17/h2-6,9,16H,7-8,10-13,15H2,1H3,(H,25,27)/p+1/t16-/m0/s1. The van der Waals surface area contributed by atoms with E-state index in [9.17, 15) is 10.1 Å². The highest BCUT2D eigenvalue weighted by Crippen LogP contribution is 2.39. The number of benzene rings is 1. The van der Waals surface area contributed by atoms with Gasteiger partial charge < -0.3 is 10.2 Å². The number of hydrogen-bond donors (Lipinski definition) is 2. The third-order valence-corrected chi connectivity index (χ3v) is 6.99. The molecule has 0 fully saturated rings. The Morgan fingerprint density at radius 2 is 2.14 bits per heavy atom. The predicted octanol–water partition coefficient (Wildman–Crippen LogP) is 3.06. The molecular weight excluding hydrogens is 366 g/mol. The summed E-state index contributed by atoms with van der Waals surface area (Å²) in [5.74, 6) is 0.666. The maximum atomic E-state index is 12.6. The second-order valence-corrected chi connectivity index (χ2v) is 9.05. The topological polar surface area (TPSA) is 57.3 Å². The van der Waals surface area contributed by atoms with Gasteiger partial charge in [0.2, 0.25) is 0 Å². The molecule has 0 saturated carbocycles. The molecule has 2 heterocycles. The van der Waals surface area contributed by atoms with Gasteiger partial charge in [-0.15, -0.1) is 11.3 Å². The van der Waals surface area contributed by atoms with Crippen LogP contribution in [0.25, 0.3) is 5.57 Å². The lowest BCUT2D eigenvalue weighted by Gasteiger charge is -2.23. The van der Waals surface area contributed by atoms with E-state index < -0.39 is 0 Å². The van der Waals surface area contributed by atoms with Crippen molar-refractivity contribution in [1.29, 1.82) is 5.26 Å². The smallest absolute Gasteiger partial charge is 0.280 e. The maximum Gasteiger partial charge on any atom is 0.280 e. The molecule has 4 nitrogen and oxygen atoms in total. The number of amides is 1. The Labute approximate surface area is 170 Å². The highest BCUT2D eigenvalue weighted by molar-refractivity contribution is 7.16. The van der Waals surface area contributed by atoms with Crippen molar-refractivity contribution in [1.82, 2.24) is 0 Å². The summed E-state index contributed by atoms with van der Waals surface area (Å²) in [6.45, 7) is 4.52. The van der Waals surface area contributed by atoms with E-state index in [2.05, 4.69) is 48.7 Å². The summed E-state index contributed by atoms with van der Waals surface area (Å²) in [7, 11) is 0. The van der Waals surface area contributed by atoms with Crippen LogP contribution in [0.3, 0.4) is 0 Å². The lowest BCUT2D eigenvalue weighted by Crippen LogP contribution is -3.13. The molecule has 1 unspecified atom stereocenters. The molecule has 0 bridgehead atoms. The largest absolute Gasteiger partial charge is 0.324 e. The fraction of sp³-hybridized carbons (Fsp3) is 0.391. The van der Waals surface area contributed by atoms with Crippen LogP contribution in [-0.2, 0) is 17.6 Å². The molecule has 1 aliphatic carbocycles. The Bertz CT molecular complexity index is 939. The minimum Gasteiger partial charge on any atom is -0.324 e. The molecule has 5 heteroatoms. The number of rotatable bonds is 4. The zero-order valence-electron chi connectivity index (χ0n) is 16.3. The van der Waals surface area contributed by atoms with Gasteiger partial charge in [-0.25, -0.2) is 0 Å². The summed E-state index contributed by atoms with van der Waals surface area (Å²) in [6, 6.07) is 12.8. The zero-order chi connectivity index (χ0) is 19.5. The van der Waals surface area contributed by atoms with Gasteiger partial charge in [-0.1, -0.05) is 37.3 Å². The Morgan fingerprint density at radius 1 is 1.32 bits per heavy atom. The van der Waals surface area contributed by atoms with Gasteiger partial charge in [0.05, 0.1) is 18.7 Å². The molecular formula is C23H26N3OS+. The molecule has 0 radical (unpaired) electrons. The molecule has 2 atom stereocenters. The van der Waals surface area contributed by atoms with Gasteiger partial charge in [0, 0.05) is 11.3 Å². The number of thiophene rings is 1. The monoisotopic (exact) mass is 392 g/mol. The summed E-state index contributed by atoms with van der Waals surface area (Å²) in [5.41, 5.74) is 4.52. The van der Waals surface area contributed by atoms with Gasteiger partial charge in [-0.05, 0) is 48.0 Å². The minimum atomic E-state index is 0.00899. The first-order valence-electron chi connectivity index (χ1n) is 10.1. The predicted molar refractivity (Wildman–Crippen MR) is 113 cm³/mol. The number of nitriles is 1. The molecule has 1 aromatic carbocycles. The third-order valence-electron chi connectivity index (χ3n) is 5.82. The third kappa shape index (κ3) is 4.04. The fourth-order valence-corrected chi connectivity index (χ4v) is 5.59. The van der Waals surface area contributed by atoms with Gasteiger partial charge in [-0.2, -0.15) is 5.26 Å². The summed E-state index contributed by atoms with van der Waals surface area (Å²) >= 11 is 1.60. The Kier molecular flexibility index (Phi) is 5.61. The summed E-state index contributed by atoms with van der Waals surface area (Å²) < 4.78 is 0. The van der Waals surface area contributed by atoms with Crippen molar-refractivity contribution < 1.29 is 9.69 Å². The van der Waals surface area contributed by atoms with E-state index in [1.54, 1.807) is 11.3 Å². The number of anilines is 1. The molecule has 2 N–H and O–H groups in total. The average Bonchev–Trinajstić information content (AvgIpc) is 3.04. The molecule has 1 amide bonds. The summed E-state index contributed by atoms with van der Waals surface area (Å²) in [6.07, 6.45) is 6.35. The van der Waals surface area contributed by atoms with Crippen LogP contribution in [0.5, 0.6) is 0 Å². The quantitative estimate of drug-likeness (QED) is 0.840. The van der Waals surface area contributed by atoms with Gasteiger partial charge in [-0.3, -0.25) is 4.79 Å². The molecule has 144 valence electrons. The number of hydrogen-bond acceptors (Lipinski definition) is 3. The van der Waals surface area contributed by atoms with Crippen LogP contribution in [0.4, 0.5) is 5.00 Å². The lowest BCUT2D eigenvalue weighted by atomic mass is 9.89. The van der Waals surface area contributed by atoms with E-state index in [-0.39, 0.29) is 5.91 Å². The average molecular weight is 393 g/mol. The van der Waals surface area contributed by atoms with Crippen molar-refractivity contribution in [3.8, 4) is 6.07 Å². The van der Waals surface area contributed by atoms with Crippen molar-refractivity contribution in [2.75, 3.05) is 25.0 Å². The number of nitrogens with zero attached hydrogens (tertiary/aromatic N) is 1. The van der Waals surface area contributed by atoms with Crippen LogP contribution in [0, 0.1) is 17.2 Å². The molecule has 28 heavy (non-hydrogen) atoms. The SMILES string of the molecule is C[C@H]1CCc2c(sc(NC(=O)C[NH+]3CC=C(c4ccccc4)CC3)c2C#N)C1. The van der Waals surface area contributed by atoms with Crippen molar-refractivity contribution >= 4 is 27.8 Å². The number of quaternary nitrogens is 1. The van der Waals surface area contributed by atoms with Crippen molar-refractivity contribution in [3.05, 3.63) is 58.0 Å². The Hall–Kier alpha value is -2.42. The van der Waals surface area contributed by atoms with E-state index in [0.717, 1.165) is 43.8 Å². The first-order chi connectivity index (χ1) is 13.6. The van der Waals surface area contributed by atoms with Crippen LogP contribution < -0.4 is 10.2 Å². The highest BCUT2D eigenvalue weighted by Gasteiger charge is 2.26. The van der Waals surface area contributed by atoms with Crippen LogP contribution in [0.2, 0.25) is 0 Å². The van der Waals surface area contributed by atoms with Crippen LogP contribution in [-0.4, -0.2) is 25.5 Å². The molecule has 0 spiro atoms. The van der Waals surface area contributed by atoms with Crippen LogP contribution in [0.15, 0.2) is 36.4 Å². The summed E-state index contributed by atoms with van der Waals surface area (Å²) in [5, 5.41) is 13.4. The van der Waals surface area contributed by atoms with E-state index in [4.69, 9.17) is 0 Å². The number of nitrogens with one attached hydrogen (secondary N) is 2. The normalized spacial score (nSPS) is 21.4. The van der Waals surface area contributed by atoms with Crippen molar-refractivity contribution in [2.24, 2.45) is 5.92 Å². The van der Waals surface area contributed by atoms with E-state index >= 15 is 0 Å². The molecule has 2 aliphatic rings. The van der Waals surface area contributed by atoms with Crippen LogP contribution in [0.1, 0.15) is 41.3 Å². The van der Waals surface area contributed by atoms with Crippen LogP contribution >= 0.6 is 11.3 Å². The lowest BCUT2D eigenvalue weighted by molar-refractivity contribution is -0.886. The Morgan fingerprint density at radius 3 is 2.86 bits per heavy atom. The number of fused-ring (bicyclic) bond motifs is 1. The van der Waals surface area contributed by atoms with E-state index in [1.807, 2.05) is 6.07 Å². The molecule has 4 rings (SSSR count). The number of carbonyl (C=O) groups is 1. The fourth-order valence-electron chi connectivity index (χ4n) is 4.21. The van der Waals surface area contributed by atoms with Gasteiger partial charge in [0.25, 0.3) is 5.91 Å². The van der Waals surface area contributed by atoms with Crippen molar-refractivity contribution in [3.63, 3.8) is 0 Å². The second-order valence-electron chi connectivity index (χ2n) is 7.94. The number of carbonyl (C=O) groups excluding carboxylic acids is 1. The zero-order valence-corrected chi connectivity index (χ0v) is 17.1. The van der Waals surface area contributed by atoms with E-state index in [1.165, 1.54) is 26.5 Å². The molecule has 2 aromatic rings. The van der Waals surface area contributed by atoms with Crippen molar-refractivity contribution in [2.45, 2.75) is 32.6 Å². The van der Waals surface area contributed by atoms with Gasteiger partial charge in [0.15, 0.2) is 6.54 Å². The highest BCUT2D eigenvalue weighted by atomic mass is 32.1. The van der Waals surface area contributed by atoms with Gasteiger partial charge >= 0.3 is 0 Å². The maximum absolute atomic E-state index is 12.6. The molecule has 1 aromatic heterocycles.